The van der Waals surface area contributed by atoms with Gasteiger partial charge in [-0.15, -0.1) is 0 Å². The predicted octanol–water partition coefficient (Wildman–Crippen LogP) is 3.43. The number of rotatable bonds is 2. The SMILES string of the molecule is Cc1cc(C)c(NC(=O)C2CCOC2C)c(Br)c1. The minimum atomic E-state index is -0.0439. The van der Waals surface area contributed by atoms with E-state index in [9.17, 15) is 4.79 Å². The first kappa shape index (κ1) is 13.6. The van der Waals surface area contributed by atoms with Gasteiger partial charge in [-0.1, -0.05) is 6.07 Å². The number of hydrogen-bond donors (Lipinski definition) is 1. The van der Waals surface area contributed by atoms with Crippen LogP contribution in [0.25, 0.3) is 0 Å². The average molecular weight is 312 g/mol. The van der Waals surface area contributed by atoms with Crippen molar-refractivity contribution < 1.29 is 9.53 Å². The Bertz CT molecular complexity index is 450. The zero-order valence-corrected chi connectivity index (χ0v) is 12.5. The lowest BCUT2D eigenvalue weighted by atomic mass is 10.0. The Morgan fingerprint density at radius 3 is 2.72 bits per heavy atom. The van der Waals surface area contributed by atoms with Crippen LogP contribution in [0.3, 0.4) is 0 Å². The molecule has 1 aliphatic heterocycles. The van der Waals surface area contributed by atoms with Crippen molar-refractivity contribution in [3.63, 3.8) is 0 Å². The fourth-order valence-corrected chi connectivity index (χ4v) is 3.14. The van der Waals surface area contributed by atoms with Crippen LogP contribution in [0.4, 0.5) is 5.69 Å². The van der Waals surface area contributed by atoms with E-state index in [0.29, 0.717) is 6.61 Å². The molecule has 2 rings (SSSR count). The van der Waals surface area contributed by atoms with E-state index < -0.39 is 0 Å². The summed E-state index contributed by atoms with van der Waals surface area (Å²) in [6.45, 7) is 6.67. The number of nitrogens with one attached hydrogen (secondary N) is 1. The van der Waals surface area contributed by atoms with E-state index in [1.807, 2.05) is 26.8 Å². The van der Waals surface area contributed by atoms with Crippen molar-refractivity contribution in [2.24, 2.45) is 5.92 Å². The highest BCUT2D eigenvalue weighted by molar-refractivity contribution is 9.10. The van der Waals surface area contributed by atoms with E-state index in [4.69, 9.17) is 4.74 Å². The molecule has 1 amide bonds. The molecule has 2 atom stereocenters. The summed E-state index contributed by atoms with van der Waals surface area (Å²) in [5, 5.41) is 3.01. The smallest absolute Gasteiger partial charge is 0.230 e. The van der Waals surface area contributed by atoms with Gasteiger partial charge in [0, 0.05) is 11.1 Å². The number of aryl methyl sites for hydroxylation is 2. The van der Waals surface area contributed by atoms with E-state index in [1.165, 1.54) is 5.56 Å². The molecule has 0 radical (unpaired) electrons. The summed E-state index contributed by atoms with van der Waals surface area (Å²) in [5.41, 5.74) is 3.11. The molecular weight excluding hydrogens is 294 g/mol. The largest absolute Gasteiger partial charge is 0.378 e. The third-order valence-electron chi connectivity index (χ3n) is 3.39. The summed E-state index contributed by atoms with van der Waals surface area (Å²) in [5.74, 6) is 0.00487. The lowest BCUT2D eigenvalue weighted by Gasteiger charge is -2.17. The number of amides is 1. The third-order valence-corrected chi connectivity index (χ3v) is 4.02. The standard InChI is InChI=1S/C14H18BrNO2/c1-8-6-9(2)13(12(15)7-8)16-14(17)11-4-5-18-10(11)3/h6-7,10-11H,4-5H2,1-3H3,(H,16,17). The van der Waals surface area contributed by atoms with E-state index in [-0.39, 0.29) is 17.9 Å². The number of benzene rings is 1. The monoisotopic (exact) mass is 311 g/mol. The van der Waals surface area contributed by atoms with Gasteiger partial charge in [-0.05, 0) is 60.3 Å². The second-order valence-corrected chi connectivity index (χ2v) is 5.75. The Morgan fingerprint density at radius 2 is 2.17 bits per heavy atom. The van der Waals surface area contributed by atoms with Gasteiger partial charge in [0.25, 0.3) is 0 Å². The van der Waals surface area contributed by atoms with Gasteiger partial charge in [-0.2, -0.15) is 0 Å². The number of carbonyl (C=O) groups is 1. The van der Waals surface area contributed by atoms with Crippen LogP contribution >= 0.6 is 15.9 Å². The van der Waals surface area contributed by atoms with Gasteiger partial charge in [-0.25, -0.2) is 0 Å². The van der Waals surface area contributed by atoms with Crippen LogP contribution < -0.4 is 5.32 Å². The molecule has 3 nitrogen and oxygen atoms in total. The number of carbonyl (C=O) groups excluding carboxylic acids is 1. The van der Waals surface area contributed by atoms with E-state index >= 15 is 0 Å². The highest BCUT2D eigenvalue weighted by atomic mass is 79.9. The van der Waals surface area contributed by atoms with Crippen LogP contribution in [0.1, 0.15) is 24.5 Å². The van der Waals surface area contributed by atoms with Gasteiger partial charge in [0.15, 0.2) is 0 Å². The first-order valence-corrected chi connectivity index (χ1v) is 6.97. The molecule has 1 N–H and O–H groups in total. The second kappa shape index (κ2) is 5.41. The number of anilines is 1. The summed E-state index contributed by atoms with van der Waals surface area (Å²) in [4.78, 5) is 12.2. The maximum absolute atomic E-state index is 12.2. The van der Waals surface area contributed by atoms with Crippen molar-refractivity contribution >= 4 is 27.5 Å². The summed E-state index contributed by atoms with van der Waals surface area (Å²) >= 11 is 3.50. The molecule has 2 unspecified atom stereocenters. The molecule has 1 heterocycles. The molecule has 0 spiro atoms. The summed E-state index contributed by atoms with van der Waals surface area (Å²) in [6, 6.07) is 4.08. The first-order chi connectivity index (χ1) is 8.49. The van der Waals surface area contributed by atoms with E-state index in [2.05, 4.69) is 27.3 Å². The lowest BCUT2D eigenvalue weighted by Crippen LogP contribution is -2.28. The van der Waals surface area contributed by atoms with Crippen LogP contribution in [0, 0.1) is 19.8 Å². The first-order valence-electron chi connectivity index (χ1n) is 6.18. The molecule has 0 saturated carbocycles. The molecule has 1 aliphatic rings. The maximum atomic E-state index is 12.2. The van der Waals surface area contributed by atoms with Crippen LogP contribution in [-0.4, -0.2) is 18.6 Å². The molecule has 0 aliphatic carbocycles. The Hall–Kier alpha value is -0.870. The molecule has 1 aromatic rings. The van der Waals surface area contributed by atoms with Gasteiger partial charge in [0.1, 0.15) is 0 Å². The van der Waals surface area contributed by atoms with Crippen molar-refractivity contribution in [1.82, 2.24) is 0 Å². The number of hydrogen-bond acceptors (Lipinski definition) is 2. The summed E-state index contributed by atoms with van der Waals surface area (Å²) in [6.07, 6.45) is 0.810. The van der Waals surface area contributed by atoms with Crippen LogP contribution in [-0.2, 0) is 9.53 Å². The Labute approximate surface area is 116 Å². The van der Waals surface area contributed by atoms with Gasteiger partial charge >= 0.3 is 0 Å². The quantitative estimate of drug-likeness (QED) is 0.908. The Kier molecular flexibility index (Phi) is 4.07. The molecule has 1 saturated heterocycles. The van der Waals surface area contributed by atoms with Crippen LogP contribution in [0.15, 0.2) is 16.6 Å². The predicted molar refractivity (Wildman–Crippen MR) is 75.8 cm³/mol. The zero-order chi connectivity index (χ0) is 13.3. The maximum Gasteiger partial charge on any atom is 0.230 e. The van der Waals surface area contributed by atoms with Crippen LogP contribution in [0.5, 0.6) is 0 Å². The fraction of sp³-hybridized carbons (Fsp3) is 0.500. The lowest BCUT2D eigenvalue weighted by molar-refractivity contribution is -0.121. The number of ether oxygens (including phenoxy) is 1. The van der Waals surface area contributed by atoms with Crippen molar-refractivity contribution in [3.05, 3.63) is 27.7 Å². The van der Waals surface area contributed by atoms with Crippen molar-refractivity contribution in [3.8, 4) is 0 Å². The average Bonchev–Trinajstić information content (AvgIpc) is 2.69. The highest BCUT2D eigenvalue weighted by Gasteiger charge is 2.31. The molecule has 1 fully saturated rings. The minimum Gasteiger partial charge on any atom is -0.378 e. The second-order valence-electron chi connectivity index (χ2n) is 4.90. The summed E-state index contributed by atoms with van der Waals surface area (Å²) < 4.78 is 6.36. The Morgan fingerprint density at radius 1 is 1.44 bits per heavy atom. The normalized spacial score (nSPS) is 23.1. The van der Waals surface area contributed by atoms with E-state index in [0.717, 1.165) is 22.1 Å². The molecule has 98 valence electrons. The Balaban J connectivity index is 2.17. The van der Waals surface area contributed by atoms with Crippen molar-refractivity contribution in [2.45, 2.75) is 33.3 Å². The van der Waals surface area contributed by atoms with Gasteiger partial charge in [-0.3, -0.25) is 4.79 Å². The molecule has 0 bridgehead atoms. The van der Waals surface area contributed by atoms with Gasteiger partial charge in [0.05, 0.1) is 17.7 Å². The molecule has 18 heavy (non-hydrogen) atoms. The third kappa shape index (κ3) is 2.75. The van der Waals surface area contributed by atoms with Crippen molar-refractivity contribution in [1.29, 1.82) is 0 Å². The van der Waals surface area contributed by atoms with Crippen molar-refractivity contribution in [2.75, 3.05) is 11.9 Å². The van der Waals surface area contributed by atoms with Gasteiger partial charge < -0.3 is 10.1 Å². The fourth-order valence-electron chi connectivity index (χ4n) is 2.37. The molecule has 4 heteroatoms. The molecule has 1 aromatic carbocycles. The van der Waals surface area contributed by atoms with E-state index in [1.54, 1.807) is 0 Å². The topological polar surface area (TPSA) is 38.3 Å². The molecule has 0 aromatic heterocycles. The minimum absolute atomic E-state index is 0.00882. The zero-order valence-electron chi connectivity index (χ0n) is 10.9. The summed E-state index contributed by atoms with van der Waals surface area (Å²) in [7, 11) is 0. The van der Waals surface area contributed by atoms with Crippen LogP contribution in [0.2, 0.25) is 0 Å². The highest BCUT2D eigenvalue weighted by Crippen LogP contribution is 2.29. The number of halogens is 1. The molecular formula is C14H18BrNO2. The van der Waals surface area contributed by atoms with Gasteiger partial charge in [0.2, 0.25) is 5.91 Å².